The predicted molar refractivity (Wildman–Crippen MR) is 68.4 cm³/mol. The summed E-state index contributed by atoms with van der Waals surface area (Å²) in [7, 11) is 0. The minimum Gasteiger partial charge on any atom is -0.383 e. The molecule has 2 heterocycles. The van der Waals surface area contributed by atoms with Crippen molar-refractivity contribution in [2.45, 2.75) is 30.6 Å². The molecule has 0 saturated carbocycles. The van der Waals surface area contributed by atoms with Gasteiger partial charge >= 0.3 is 0 Å². The summed E-state index contributed by atoms with van der Waals surface area (Å²) in [5.41, 5.74) is 3.00. The van der Waals surface area contributed by atoms with E-state index in [1.807, 2.05) is 11.3 Å². The predicted octanol–water partition coefficient (Wildman–Crippen LogP) is 3.53. The number of hydrogen-bond donors (Lipinski definition) is 1. The first kappa shape index (κ1) is 9.77. The van der Waals surface area contributed by atoms with Gasteiger partial charge in [-0.15, -0.1) is 11.3 Å². The lowest BCUT2D eigenvalue weighted by Gasteiger charge is -2.06. The molecule has 0 amide bonds. The summed E-state index contributed by atoms with van der Waals surface area (Å²) in [5, 5.41) is 3.57. The Labute approximate surface area is 97.1 Å². The van der Waals surface area contributed by atoms with Gasteiger partial charge in [0.1, 0.15) is 0 Å². The summed E-state index contributed by atoms with van der Waals surface area (Å²) in [5.74, 6) is 0. The van der Waals surface area contributed by atoms with Gasteiger partial charge in [0.2, 0.25) is 0 Å². The smallest absolute Gasteiger partial charge is 0.0514 e. The summed E-state index contributed by atoms with van der Waals surface area (Å²) in [6.45, 7) is 5.59. The third kappa shape index (κ3) is 1.86. The van der Waals surface area contributed by atoms with Crippen LogP contribution in [0, 0.1) is 13.8 Å². The van der Waals surface area contributed by atoms with Crippen LogP contribution >= 0.6 is 33.9 Å². The lowest BCUT2D eigenvalue weighted by atomic mass is 10.1. The topological polar surface area (TPSA) is 12.0 Å². The van der Waals surface area contributed by atoms with Crippen LogP contribution in [0.4, 0.5) is 5.69 Å². The van der Waals surface area contributed by atoms with Crippen LogP contribution in [0.15, 0.2) is 0 Å². The van der Waals surface area contributed by atoms with Crippen LogP contribution in [0.2, 0.25) is 0 Å². The molecule has 1 nitrogen and oxygen atoms in total. The molecule has 0 aromatic carbocycles. The number of fused-ring (bicyclic) bond motifs is 1. The van der Waals surface area contributed by atoms with Gasteiger partial charge in [0, 0.05) is 20.2 Å². The number of aryl methyl sites for hydroxylation is 2. The zero-order valence-electron chi connectivity index (χ0n) is 7.98. The molecule has 0 radical (unpaired) electrons. The molecule has 1 atom stereocenters. The second kappa shape index (κ2) is 3.77. The highest BCUT2D eigenvalue weighted by Gasteiger charge is 2.18. The summed E-state index contributed by atoms with van der Waals surface area (Å²) >= 11 is 4.47. The van der Waals surface area contributed by atoms with E-state index in [1.165, 1.54) is 28.3 Å². The number of anilines is 1. The Morgan fingerprint density at radius 3 is 2.92 bits per heavy atom. The van der Waals surface area contributed by atoms with Crippen molar-refractivity contribution in [1.29, 1.82) is 0 Å². The van der Waals surface area contributed by atoms with Crippen molar-refractivity contribution in [1.82, 2.24) is 0 Å². The number of halogens is 1. The SMILES string of the molecule is Cc1sc(C)c2c1CCC(I)CN2. The lowest BCUT2D eigenvalue weighted by molar-refractivity contribution is 0.825. The molecular formula is C10H14INS. The normalized spacial score (nSPS) is 21.9. The summed E-state index contributed by atoms with van der Waals surface area (Å²) in [6, 6.07) is 0. The van der Waals surface area contributed by atoms with E-state index in [4.69, 9.17) is 0 Å². The Balaban J connectivity index is 2.36. The molecule has 13 heavy (non-hydrogen) atoms. The molecule has 0 aliphatic carbocycles. The van der Waals surface area contributed by atoms with Crippen molar-refractivity contribution >= 4 is 39.6 Å². The first-order chi connectivity index (χ1) is 6.18. The first-order valence-electron chi connectivity index (χ1n) is 4.65. The Bertz CT molecular complexity index is 290. The highest BCUT2D eigenvalue weighted by atomic mass is 127. The largest absolute Gasteiger partial charge is 0.383 e. The van der Waals surface area contributed by atoms with E-state index in [2.05, 4.69) is 41.8 Å². The van der Waals surface area contributed by atoms with Gasteiger partial charge in [-0.1, -0.05) is 22.6 Å². The minimum absolute atomic E-state index is 0.786. The Morgan fingerprint density at radius 1 is 1.38 bits per heavy atom. The van der Waals surface area contributed by atoms with Gasteiger partial charge in [0.15, 0.2) is 0 Å². The van der Waals surface area contributed by atoms with Crippen LogP contribution in [0.25, 0.3) is 0 Å². The maximum Gasteiger partial charge on any atom is 0.0514 e. The van der Waals surface area contributed by atoms with Gasteiger partial charge in [-0.3, -0.25) is 0 Å². The van der Waals surface area contributed by atoms with Crippen LogP contribution in [-0.2, 0) is 6.42 Å². The molecule has 1 aromatic rings. The van der Waals surface area contributed by atoms with E-state index in [1.54, 1.807) is 5.56 Å². The molecule has 1 unspecified atom stereocenters. The highest BCUT2D eigenvalue weighted by molar-refractivity contribution is 14.1. The van der Waals surface area contributed by atoms with Crippen LogP contribution in [0.3, 0.4) is 0 Å². The number of hydrogen-bond acceptors (Lipinski definition) is 2. The maximum atomic E-state index is 3.57. The number of nitrogens with one attached hydrogen (secondary N) is 1. The zero-order chi connectivity index (χ0) is 9.42. The Hall–Kier alpha value is 0.230. The molecule has 2 rings (SSSR count). The molecule has 1 aromatic heterocycles. The van der Waals surface area contributed by atoms with Crippen molar-refractivity contribution in [3.8, 4) is 0 Å². The molecule has 72 valence electrons. The van der Waals surface area contributed by atoms with E-state index < -0.39 is 0 Å². The quantitative estimate of drug-likeness (QED) is 0.571. The van der Waals surface area contributed by atoms with Crippen LogP contribution in [0.5, 0.6) is 0 Å². The fraction of sp³-hybridized carbons (Fsp3) is 0.600. The van der Waals surface area contributed by atoms with Gasteiger partial charge in [-0.25, -0.2) is 0 Å². The van der Waals surface area contributed by atoms with Crippen molar-refractivity contribution in [2.75, 3.05) is 11.9 Å². The fourth-order valence-corrected chi connectivity index (χ4v) is 3.49. The van der Waals surface area contributed by atoms with E-state index >= 15 is 0 Å². The molecule has 1 N–H and O–H groups in total. The molecule has 0 bridgehead atoms. The minimum atomic E-state index is 0.786. The molecule has 0 saturated heterocycles. The van der Waals surface area contributed by atoms with Crippen LogP contribution in [-0.4, -0.2) is 10.5 Å². The molecular weight excluding hydrogens is 293 g/mol. The van der Waals surface area contributed by atoms with E-state index in [-0.39, 0.29) is 0 Å². The third-order valence-electron chi connectivity index (χ3n) is 2.59. The van der Waals surface area contributed by atoms with Crippen LogP contribution in [0.1, 0.15) is 21.7 Å². The fourth-order valence-electron chi connectivity index (χ4n) is 1.88. The zero-order valence-corrected chi connectivity index (χ0v) is 11.0. The molecule has 1 aliphatic heterocycles. The van der Waals surface area contributed by atoms with Crippen molar-refractivity contribution in [2.24, 2.45) is 0 Å². The molecule has 0 spiro atoms. The number of alkyl halides is 1. The van der Waals surface area contributed by atoms with E-state index in [0.29, 0.717) is 0 Å². The van der Waals surface area contributed by atoms with Gasteiger partial charge in [0.25, 0.3) is 0 Å². The molecule has 1 aliphatic rings. The number of rotatable bonds is 0. The first-order valence-corrected chi connectivity index (χ1v) is 6.71. The lowest BCUT2D eigenvalue weighted by Crippen LogP contribution is -2.10. The molecule has 0 fully saturated rings. The van der Waals surface area contributed by atoms with Gasteiger partial charge in [-0.05, 0) is 32.3 Å². The van der Waals surface area contributed by atoms with E-state index in [0.717, 1.165) is 10.5 Å². The monoisotopic (exact) mass is 307 g/mol. The van der Waals surface area contributed by atoms with Crippen molar-refractivity contribution in [3.63, 3.8) is 0 Å². The highest BCUT2D eigenvalue weighted by Crippen LogP contribution is 2.35. The van der Waals surface area contributed by atoms with Gasteiger partial charge in [-0.2, -0.15) is 0 Å². The van der Waals surface area contributed by atoms with Crippen molar-refractivity contribution < 1.29 is 0 Å². The third-order valence-corrected chi connectivity index (χ3v) is 4.72. The summed E-state index contributed by atoms with van der Waals surface area (Å²) in [6.07, 6.45) is 2.57. The standard InChI is InChI=1S/C10H14INS/c1-6-9-4-3-8(11)5-12-10(9)7(2)13-6/h8,12H,3-5H2,1-2H3. The Morgan fingerprint density at radius 2 is 2.15 bits per heavy atom. The van der Waals surface area contributed by atoms with E-state index in [9.17, 15) is 0 Å². The average Bonchev–Trinajstić information content (AvgIpc) is 2.27. The van der Waals surface area contributed by atoms with Crippen LogP contribution < -0.4 is 5.32 Å². The van der Waals surface area contributed by atoms with Gasteiger partial charge < -0.3 is 5.32 Å². The second-order valence-electron chi connectivity index (χ2n) is 3.58. The summed E-state index contributed by atoms with van der Waals surface area (Å²) < 4.78 is 0.786. The maximum absolute atomic E-state index is 3.57. The van der Waals surface area contributed by atoms with Gasteiger partial charge in [0.05, 0.1) is 5.69 Å². The molecule has 3 heteroatoms. The van der Waals surface area contributed by atoms with Crippen molar-refractivity contribution in [3.05, 3.63) is 15.3 Å². The average molecular weight is 307 g/mol. The summed E-state index contributed by atoms with van der Waals surface area (Å²) in [4.78, 5) is 2.96. The second-order valence-corrected chi connectivity index (χ2v) is 6.78. The Kier molecular flexibility index (Phi) is 2.83. The number of thiophene rings is 1.